The van der Waals surface area contributed by atoms with E-state index in [2.05, 4.69) is 32.3 Å². The van der Waals surface area contributed by atoms with E-state index in [0.29, 0.717) is 22.4 Å². The molecule has 4 rings (SSSR count). The summed E-state index contributed by atoms with van der Waals surface area (Å²) in [5.74, 6) is 1.45. The average molecular weight is 519 g/mol. The quantitative estimate of drug-likeness (QED) is 0.333. The predicted molar refractivity (Wildman–Crippen MR) is 144 cm³/mol. The molecule has 2 fully saturated rings. The van der Waals surface area contributed by atoms with Crippen molar-refractivity contribution in [3.63, 3.8) is 0 Å². The molecule has 1 aliphatic heterocycles. The minimum Gasteiger partial charge on any atom is -0.358 e. The maximum Gasteiger partial charge on any atom is 0.252 e. The monoisotopic (exact) mass is 517 g/mol. The molecule has 1 heterocycles. The zero-order chi connectivity index (χ0) is 24.5. The van der Waals surface area contributed by atoms with Crippen molar-refractivity contribution >= 4 is 40.9 Å². The van der Waals surface area contributed by atoms with Crippen LogP contribution in [0.15, 0.2) is 61.2 Å². The Morgan fingerprint density at radius 1 is 1.12 bits per heavy atom. The highest BCUT2D eigenvalue weighted by molar-refractivity contribution is 8.00. The van der Waals surface area contributed by atoms with Crippen LogP contribution in [0.5, 0.6) is 0 Å². The molecule has 1 saturated carbocycles. The number of ether oxygens (including phenoxy) is 1. The van der Waals surface area contributed by atoms with Crippen LogP contribution >= 0.6 is 35.0 Å². The molecule has 1 aliphatic carbocycles. The standard InChI is InChI=1S/C28H33Cl2NO2S/c1-5-7-24-27(32)31(23(18-10-11-18)17-34-28(2,3)4)25(19-12-14-21(29)15-13-19)26(33-24)20-8-6-9-22(30)16-20/h5-6,8-9,12-16,18,23-26H,1,7,10-11,17H2,2-4H3/t23-,24?,25-,26-/m1/s1. The van der Waals surface area contributed by atoms with Gasteiger partial charge in [0.1, 0.15) is 12.2 Å². The van der Waals surface area contributed by atoms with Gasteiger partial charge in [-0.05, 0) is 54.2 Å². The normalized spacial score (nSPS) is 24.2. The maximum atomic E-state index is 14.0. The summed E-state index contributed by atoms with van der Waals surface area (Å²) in [6, 6.07) is 15.5. The molecular weight excluding hydrogens is 485 g/mol. The van der Waals surface area contributed by atoms with Gasteiger partial charge in [0.25, 0.3) is 5.91 Å². The summed E-state index contributed by atoms with van der Waals surface area (Å²) < 4.78 is 6.66. The van der Waals surface area contributed by atoms with E-state index in [-0.39, 0.29) is 28.8 Å². The number of carbonyl (C=O) groups excluding carboxylic acids is 1. The summed E-state index contributed by atoms with van der Waals surface area (Å²) in [5, 5.41) is 1.32. The van der Waals surface area contributed by atoms with Crippen molar-refractivity contribution in [2.45, 2.75) is 69.1 Å². The topological polar surface area (TPSA) is 29.5 Å². The Kier molecular flexibility index (Phi) is 8.03. The summed E-state index contributed by atoms with van der Waals surface area (Å²) in [7, 11) is 0. The van der Waals surface area contributed by atoms with Crippen molar-refractivity contribution in [2.75, 3.05) is 5.75 Å². The van der Waals surface area contributed by atoms with E-state index >= 15 is 0 Å². The molecule has 34 heavy (non-hydrogen) atoms. The molecule has 4 atom stereocenters. The lowest BCUT2D eigenvalue weighted by molar-refractivity contribution is -0.178. The number of carbonyl (C=O) groups is 1. The zero-order valence-electron chi connectivity index (χ0n) is 20.0. The maximum absolute atomic E-state index is 14.0. The molecule has 2 aliphatic rings. The number of hydrogen-bond donors (Lipinski definition) is 0. The minimum absolute atomic E-state index is 0.0459. The first-order valence-corrected chi connectivity index (χ1v) is 13.7. The van der Waals surface area contributed by atoms with Gasteiger partial charge >= 0.3 is 0 Å². The van der Waals surface area contributed by atoms with Crippen LogP contribution in [-0.2, 0) is 9.53 Å². The van der Waals surface area contributed by atoms with Gasteiger partial charge < -0.3 is 9.64 Å². The average Bonchev–Trinajstić information content (AvgIpc) is 3.61. The predicted octanol–water partition coefficient (Wildman–Crippen LogP) is 7.89. The Bertz CT molecular complexity index is 1020. The molecule has 0 spiro atoms. The van der Waals surface area contributed by atoms with Crippen LogP contribution in [0, 0.1) is 5.92 Å². The highest BCUT2D eigenvalue weighted by Gasteiger charge is 2.49. The summed E-state index contributed by atoms with van der Waals surface area (Å²) >= 11 is 14.5. The Morgan fingerprint density at radius 3 is 2.41 bits per heavy atom. The third-order valence-electron chi connectivity index (χ3n) is 6.41. The van der Waals surface area contributed by atoms with Crippen molar-refractivity contribution in [3.8, 4) is 0 Å². The van der Waals surface area contributed by atoms with Crippen molar-refractivity contribution in [1.82, 2.24) is 4.90 Å². The number of rotatable bonds is 8. The molecule has 1 amide bonds. The van der Waals surface area contributed by atoms with Gasteiger partial charge in [-0.15, -0.1) is 6.58 Å². The molecule has 3 nitrogen and oxygen atoms in total. The SMILES string of the molecule is C=CCC1O[C@H](c2cccc(Cl)c2)[C@@H](c2ccc(Cl)cc2)N([C@H](CSC(C)(C)C)C2CC2)C1=O. The Labute approximate surface area is 217 Å². The molecule has 2 aromatic carbocycles. The fraction of sp³-hybridized carbons (Fsp3) is 0.464. The van der Waals surface area contributed by atoms with Crippen molar-refractivity contribution in [3.05, 3.63) is 82.4 Å². The number of amides is 1. The van der Waals surface area contributed by atoms with Crippen LogP contribution < -0.4 is 0 Å². The number of nitrogens with zero attached hydrogens (tertiary/aromatic N) is 1. The van der Waals surface area contributed by atoms with Gasteiger partial charge in [0.15, 0.2) is 0 Å². The molecule has 1 unspecified atom stereocenters. The summed E-state index contributed by atoms with van der Waals surface area (Å²) in [6.07, 6.45) is 3.65. The fourth-order valence-corrected chi connectivity index (χ4v) is 6.06. The molecule has 0 bridgehead atoms. The van der Waals surface area contributed by atoms with Gasteiger partial charge in [-0.1, -0.05) is 74.3 Å². The second kappa shape index (κ2) is 10.7. The first kappa shape index (κ1) is 25.6. The van der Waals surface area contributed by atoms with E-state index in [9.17, 15) is 4.79 Å². The molecule has 0 radical (unpaired) electrons. The number of hydrogen-bond acceptors (Lipinski definition) is 3. The van der Waals surface area contributed by atoms with Crippen molar-refractivity contribution in [1.29, 1.82) is 0 Å². The molecule has 2 aromatic rings. The number of morpholine rings is 1. The third-order valence-corrected chi connectivity index (χ3v) is 8.27. The van der Waals surface area contributed by atoms with Crippen LogP contribution in [0.4, 0.5) is 0 Å². The lowest BCUT2D eigenvalue weighted by Gasteiger charge is -2.48. The van der Waals surface area contributed by atoms with Gasteiger partial charge in [0, 0.05) is 33.0 Å². The van der Waals surface area contributed by atoms with Gasteiger partial charge in [0.2, 0.25) is 0 Å². The summed E-state index contributed by atoms with van der Waals surface area (Å²) in [5.41, 5.74) is 1.99. The lowest BCUT2D eigenvalue weighted by Crippen LogP contribution is -2.56. The van der Waals surface area contributed by atoms with E-state index < -0.39 is 6.10 Å². The first-order chi connectivity index (χ1) is 16.2. The Hall–Kier alpha value is -1.46. The Morgan fingerprint density at radius 2 is 1.82 bits per heavy atom. The van der Waals surface area contributed by atoms with Crippen LogP contribution in [0.2, 0.25) is 10.0 Å². The van der Waals surface area contributed by atoms with E-state index in [1.165, 1.54) is 0 Å². The van der Waals surface area contributed by atoms with Crippen LogP contribution in [0.3, 0.4) is 0 Å². The largest absolute Gasteiger partial charge is 0.358 e. The van der Waals surface area contributed by atoms with Crippen LogP contribution in [0.25, 0.3) is 0 Å². The second-order valence-electron chi connectivity index (χ2n) is 10.2. The third kappa shape index (κ3) is 6.02. The van der Waals surface area contributed by atoms with Gasteiger partial charge in [-0.2, -0.15) is 11.8 Å². The molecule has 1 saturated heterocycles. The van der Waals surface area contributed by atoms with E-state index in [0.717, 1.165) is 29.7 Å². The highest BCUT2D eigenvalue weighted by atomic mass is 35.5. The molecular formula is C28H33Cl2NO2S. The van der Waals surface area contributed by atoms with Crippen LogP contribution in [0.1, 0.15) is 63.3 Å². The zero-order valence-corrected chi connectivity index (χ0v) is 22.4. The fourth-order valence-electron chi connectivity index (χ4n) is 4.64. The summed E-state index contributed by atoms with van der Waals surface area (Å²) in [6.45, 7) is 10.6. The number of thioether (sulfide) groups is 1. The number of halogens is 2. The van der Waals surface area contributed by atoms with Gasteiger partial charge in [0.05, 0.1) is 6.04 Å². The molecule has 0 aromatic heterocycles. The van der Waals surface area contributed by atoms with Gasteiger partial charge in [-0.25, -0.2) is 0 Å². The molecule has 6 heteroatoms. The van der Waals surface area contributed by atoms with Crippen molar-refractivity contribution < 1.29 is 9.53 Å². The lowest BCUT2D eigenvalue weighted by atomic mass is 9.89. The molecule has 182 valence electrons. The van der Waals surface area contributed by atoms with Crippen LogP contribution in [-0.4, -0.2) is 33.5 Å². The van der Waals surface area contributed by atoms with E-state index in [1.807, 2.05) is 60.3 Å². The smallest absolute Gasteiger partial charge is 0.252 e. The van der Waals surface area contributed by atoms with E-state index in [1.54, 1.807) is 6.08 Å². The minimum atomic E-state index is -0.564. The van der Waals surface area contributed by atoms with E-state index in [4.69, 9.17) is 27.9 Å². The highest BCUT2D eigenvalue weighted by Crippen LogP contribution is 2.49. The number of benzene rings is 2. The molecule has 0 N–H and O–H groups in total. The second-order valence-corrected chi connectivity index (χ2v) is 12.9. The first-order valence-electron chi connectivity index (χ1n) is 11.9. The Balaban J connectivity index is 1.82. The summed E-state index contributed by atoms with van der Waals surface area (Å²) in [4.78, 5) is 16.1. The van der Waals surface area contributed by atoms with Gasteiger partial charge in [-0.3, -0.25) is 4.79 Å². The van der Waals surface area contributed by atoms with Crippen molar-refractivity contribution in [2.24, 2.45) is 5.92 Å².